The highest BCUT2D eigenvalue weighted by Gasteiger charge is 2.43. The van der Waals surface area contributed by atoms with Crippen molar-refractivity contribution in [1.29, 1.82) is 0 Å². The first-order valence-corrected chi connectivity index (χ1v) is 9.51. The van der Waals surface area contributed by atoms with E-state index in [1.165, 1.54) is 6.42 Å². The zero-order chi connectivity index (χ0) is 18.6. The molecule has 0 radical (unpaired) electrons. The zero-order valence-corrected chi connectivity index (χ0v) is 15.9. The van der Waals surface area contributed by atoms with Crippen molar-refractivity contribution in [2.75, 3.05) is 40.4 Å². The zero-order valence-electron chi connectivity index (χ0n) is 15.9. The molecule has 1 aromatic carbocycles. The Balaban J connectivity index is 1.73. The maximum Gasteiger partial charge on any atom is 0.256 e. The Hall–Kier alpha value is -1.79. The van der Waals surface area contributed by atoms with Crippen LogP contribution in [0.3, 0.4) is 0 Å². The molecule has 26 heavy (non-hydrogen) atoms. The summed E-state index contributed by atoms with van der Waals surface area (Å²) >= 11 is 0. The smallest absolute Gasteiger partial charge is 0.256 e. The van der Waals surface area contributed by atoms with Crippen LogP contribution in [0.1, 0.15) is 37.7 Å². The van der Waals surface area contributed by atoms with Crippen molar-refractivity contribution in [2.45, 2.75) is 44.2 Å². The standard InChI is InChI=1S/C20H30N2O4/c1-25-17-9-6-8-16(18(17)26-2)14-22-13-7-10-20(24,19(22)23)15-21-11-4-3-5-12-21/h6,8-9,24H,3-5,7,10-15H2,1-2H3/t20-/m0/s1. The Morgan fingerprint density at radius 1 is 1.08 bits per heavy atom. The number of hydrogen-bond acceptors (Lipinski definition) is 5. The van der Waals surface area contributed by atoms with E-state index in [2.05, 4.69) is 4.90 Å². The first-order chi connectivity index (χ1) is 12.6. The predicted octanol–water partition coefficient (Wildman–Crippen LogP) is 2.04. The Morgan fingerprint density at radius 3 is 2.54 bits per heavy atom. The van der Waals surface area contributed by atoms with Crippen LogP contribution in [0.4, 0.5) is 0 Å². The molecule has 1 N–H and O–H groups in total. The van der Waals surface area contributed by atoms with Crippen LogP contribution in [0.5, 0.6) is 11.5 Å². The van der Waals surface area contributed by atoms with Gasteiger partial charge in [0.1, 0.15) is 0 Å². The number of carbonyl (C=O) groups excluding carboxylic acids is 1. The van der Waals surface area contributed by atoms with Crippen molar-refractivity contribution in [1.82, 2.24) is 9.80 Å². The Kier molecular flexibility index (Phi) is 6.04. The summed E-state index contributed by atoms with van der Waals surface area (Å²) in [5.41, 5.74) is -0.385. The summed E-state index contributed by atoms with van der Waals surface area (Å²) in [6.45, 7) is 3.46. The number of amides is 1. The highest BCUT2D eigenvalue weighted by Crippen LogP contribution is 2.33. The fraction of sp³-hybridized carbons (Fsp3) is 0.650. The number of ether oxygens (including phenoxy) is 2. The number of benzene rings is 1. The van der Waals surface area contributed by atoms with Crippen LogP contribution >= 0.6 is 0 Å². The second kappa shape index (κ2) is 8.27. The molecule has 1 atom stereocenters. The summed E-state index contributed by atoms with van der Waals surface area (Å²) in [5.74, 6) is 1.13. The second-order valence-electron chi connectivity index (χ2n) is 7.35. The topological polar surface area (TPSA) is 62.2 Å². The van der Waals surface area contributed by atoms with Crippen LogP contribution in [0.2, 0.25) is 0 Å². The molecule has 3 rings (SSSR count). The molecule has 2 fully saturated rings. The molecule has 2 aliphatic heterocycles. The third-order valence-corrected chi connectivity index (χ3v) is 5.48. The molecule has 2 aliphatic rings. The van der Waals surface area contributed by atoms with E-state index in [9.17, 15) is 9.90 Å². The quantitative estimate of drug-likeness (QED) is 0.839. The van der Waals surface area contributed by atoms with Gasteiger partial charge in [-0.15, -0.1) is 0 Å². The van der Waals surface area contributed by atoms with E-state index in [4.69, 9.17) is 9.47 Å². The van der Waals surface area contributed by atoms with Crippen LogP contribution in [0.25, 0.3) is 0 Å². The van der Waals surface area contributed by atoms with E-state index in [1.54, 1.807) is 19.1 Å². The number of methoxy groups -OCH3 is 2. The average molecular weight is 362 g/mol. The van der Waals surface area contributed by atoms with Gasteiger partial charge in [0.15, 0.2) is 17.1 Å². The van der Waals surface area contributed by atoms with E-state index < -0.39 is 5.60 Å². The van der Waals surface area contributed by atoms with Crippen molar-refractivity contribution >= 4 is 5.91 Å². The predicted molar refractivity (Wildman–Crippen MR) is 99.4 cm³/mol. The number of nitrogens with zero attached hydrogens (tertiary/aromatic N) is 2. The number of β-amino-alcohol motifs (C(OH)–C–C–N with tert-alkyl or cyclic N) is 1. The lowest BCUT2D eigenvalue weighted by Crippen LogP contribution is -2.58. The van der Waals surface area contributed by atoms with Gasteiger partial charge >= 0.3 is 0 Å². The highest BCUT2D eigenvalue weighted by atomic mass is 16.5. The second-order valence-corrected chi connectivity index (χ2v) is 7.35. The van der Waals surface area contributed by atoms with E-state index in [1.807, 2.05) is 18.2 Å². The summed E-state index contributed by atoms with van der Waals surface area (Å²) in [7, 11) is 3.21. The molecule has 0 saturated carbocycles. The normalized spacial score (nSPS) is 24.6. The number of carbonyl (C=O) groups is 1. The van der Waals surface area contributed by atoms with Crippen LogP contribution in [-0.2, 0) is 11.3 Å². The minimum absolute atomic E-state index is 0.167. The number of piperidine rings is 2. The third kappa shape index (κ3) is 3.96. The van der Waals surface area contributed by atoms with Gasteiger partial charge in [-0.1, -0.05) is 18.6 Å². The molecule has 0 bridgehead atoms. The van der Waals surface area contributed by atoms with Gasteiger partial charge in [0.25, 0.3) is 5.91 Å². The minimum atomic E-state index is -1.28. The molecule has 1 amide bonds. The molecular formula is C20H30N2O4. The lowest BCUT2D eigenvalue weighted by molar-refractivity contribution is -0.160. The number of para-hydroxylation sites is 1. The third-order valence-electron chi connectivity index (χ3n) is 5.48. The van der Waals surface area contributed by atoms with Crippen LogP contribution in [-0.4, -0.2) is 66.8 Å². The summed E-state index contributed by atoms with van der Waals surface area (Å²) in [5, 5.41) is 11.1. The van der Waals surface area contributed by atoms with Gasteiger partial charge in [0.2, 0.25) is 0 Å². The molecule has 0 aliphatic carbocycles. The number of likely N-dealkylation sites (tertiary alicyclic amines) is 2. The van der Waals surface area contributed by atoms with E-state index in [0.29, 0.717) is 37.6 Å². The van der Waals surface area contributed by atoms with Crippen molar-refractivity contribution in [3.8, 4) is 11.5 Å². The monoisotopic (exact) mass is 362 g/mol. The van der Waals surface area contributed by atoms with Gasteiger partial charge in [-0.3, -0.25) is 9.69 Å². The SMILES string of the molecule is COc1cccc(CN2CCC[C@](O)(CN3CCCCC3)C2=O)c1OC. The van der Waals surface area contributed by atoms with Crippen molar-refractivity contribution in [2.24, 2.45) is 0 Å². The summed E-state index contributed by atoms with van der Waals surface area (Å²) in [6.07, 6.45) is 4.88. The van der Waals surface area contributed by atoms with Gasteiger partial charge in [-0.05, 0) is 44.8 Å². The first-order valence-electron chi connectivity index (χ1n) is 9.51. The number of rotatable bonds is 6. The molecule has 1 aromatic rings. The fourth-order valence-electron chi connectivity index (χ4n) is 4.13. The Morgan fingerprint density at radius 2 is 1.85 bits per heavy atom. The Labute approximate surface area is 155 Å². The molecular weight excluding hydrogens is 332 g/mol. The average Bonchev–Trinajstić information content (AvgIpc) is 2.66. The van der Waals surface area contributed by atoms with Gasteiger partial charge in [0.05, 0.1) is 14.2 Å². The number of hydrogen-bond donors (Lipinski definition) is 1. The molecule has 0 aromatic heterocycles. The lowest BCUT2D eigenvalue weighted by atomic mass is 9.90. The first kappa shape index (κ1) is 19.0. The maximum absolute atomic E-state index is 13.1. The number of aliphatic hydroxyl groups is 1. The summed E-state index contributed by atoms with van der Waals surface area (Å²) in [6, 6.07) is 5.67. The maximum atomic E-state index is 13.1. The minimum Gasteiger partial charge on any atom is -0.493 e. The van der Waals surface area contributed by atoms with Crippen molar-refractivity contribution in [3.63, 3.8) is 0 Å². The molecule has 2 saturated heterocycles. The van der Waals surface area contributed by atoms with Crippen molar-refractivity contribution < 1.29 is 19.4 Å². The highest BCUT2D eigenvalue weighted by molar-refractivity contribution is 5.86. The molecule has 144 valence electrons. The van der Waals surface area contributed by atoms with Gasteiger partial charge in [0, 0.05) is 25.2 Å². The Bertz CT molecular complexity index is 630. The fourth-order valence-corrected chi connectivity index (χ4v) is 4.13. The van der Waals surface area contributed by atoms with E-state index in [0.717, 1.165) is 37.9 Å². The lowest BCUT2D eigenvalue weighted by Gasteiger charge is -2.41. The largest absolute Gasteiger partial charge is 0.493 e. The van der Waals surface area contributed by atoms with Crippen molar-refractivity contribution in [3.05, 3.63) is 23.8 Å². The molecule has 6 nitrogen and oxygen atoms in total. The van der Waals surface area contributed by atoms with Crippen LogP contribution in [0, 0.1) is 0 Å². The molecule has 2 heterocycles. The summed E-state index contributed by atoms with van der Waals surface area (Å²) < 4.78 is 10.8. The summed E-state index contributed by atoms with van der Waals surface area (Å²) in [4.78, 5) is 17.0. The van der Waals surface area contributed by atoms with Gasteiger partial charge < -0.3 is 19.5 Å². The molecule has 6 heteroatoms. The van der Waals surface area contributed by atoms with Crippen LogP contribution in [0.15, 0.2) is 18.2 Å². The van der Waals surface area contributed by atoms with Gasteiger partial charge in [-0.25, -0.2) is 0 Å². The van der Waals surface area contributed by atoms with Crippen LogP contribution < -0.4 is 9.47 Å². The molecule has 0 unspecified atom stereocenters. The van der Waals surface area contributed by atoms with E-state index in [-0.39, 0.29) is 5.91 Å². The molecule has 0 spiro atoms. The van der Waals surface area contributed by atoms with Gasteiger partial charge in [-0.2, -0.15) is 0 Å². The van der Waals surface area contributed by atoms with E-state index >= 15 is 0 Å².